The molecule has 5 heteroatoms. The molecule has 1 aromatic carbocycles. The molecule has 1 aliphatic heterocycles. The molecule has 0 saturated carbocycles. The van der Waals surface area contributed by atoms with E-state index in [1.54, 1.807) is 11.6 Å². The van der Waals surface area contributed by atoms with Gasteiger partial charge in [0.1, 0.15) is 5.82 Å². The molecule has 0 spiro atoms. The molecule has 1 N–H and O–H groups in total. The third-order valence-electron chi connectivity index (χ3n) is 4.68. The highest BCUT2D eigenvalue weighted by molar-refractivity contribution is 5.77. The van der Waals surface area contributed by atoms with Crippen molar-refractivity contribution >= 4 is 10.9 Å². The highest BCUT2D eigenvalue weighted by atomic mass is 16.3. The Morgan fingerprint density at radius 1 is 1.36 bits per heavy atom. The van der Waals surface area contributed by atoms with Crippen molar-refractivity contribution in [2.75, 3.05) is 19.7 Å². The minimum absolute atomic E-state index is 0.00234. The van der Waals surface area contributed by atoms with Crippen molar-refractivity contribution in [2.24, 2.45) is 12.5 Å². The standard InChI is InChI=1S/C17H23N3O2/c1-17(12-21)8-5-9-20(11-17)10-15-18-14-7-4-3-6-13(14)16(22)19(15)2/h3-4,6-7,21H,5,8-12H2,1-2H3. The summed E-state index contributed by atoms with van der Waals surface area (Å²) in [7, 11) is 1.78. The van der Waals surface area contributed by atoms with Crippen LogP contribution in [0.1, 0.15) is 25.6 Å². The number of fused-ring (bicyclic) bond motifs is 1. The van der Waals surface area contributed by atoms with Gasteiger partial charge in [0.25, 0.3) is 5.56 Å². The molecule has 0 amide bonds. The Morgan fingerprint density at radius 3 is 2.91 bits per heavy atom. The van der Waals surface area contributed by atoms with E-state index >= 15 is 0 Å². The first kappa shape index (κ1) is 15.2. The maximum atomic E-state index is 12.4. The molecule has 1 atom stereocenters. The second kappa shape index (κ2) is 5.82. The normalized spacial score (nSPS) is 23.0. The van der Waals surface area contributed by atoms with Crippen LogP contribution < -0.4 is 5.56 Å². The summed E-state index contributed by atoms with van der Waals surface area (Å²) in [5.74, 6) is 0.783. The first-order chi connectivity index (χ1) is 10.5. The van der Waals surface area contributed by atoms with Crippen molar-refractivity contribution in [1.82, 2.24) is 14.5 Å². The molecule has 3 rings (SSSR count). The summed E-state index contributed by atoms with van der Waals surface area (Å²) in [6.07, 6.45) is 2.11. The number of aromatic nitrogens is 2. The Morgan fingerprint density at radius 2 is 2.14 bits per heavy atom. The lowest BCUT2D eigenvalue weighted by molar-refractivity contribution is 0.0412. The van der Waals surface area contributed by atoms with Crippen molar-refractivity contribution in [1.29, 1.82) is 0 Å². The lowest BCUT2D eigenvalue weighted by Gasteiger charge is -2.39. The third-order valence-corrected chi connectivity index (χ3v) is 4.68. The second-order valence-corrected chi connectivity index (χ2v) is 6.69. The van der Waals surface area contributed by atoms with Gasteiger partial charge in [-0.15, -0.1) is 0 Å². The number of hydrogen-bond acceptors (Lipinski definition) is 4. The molecular weight excluding hydrogens is 278 g/mol. The van der Waals surface area contributed by atoms with Gasteiger partial charge in [-0.1, -0.05) is 19.1 Å². The first-order valence-electron chi connectivity index (χ1n) is 7.80. The van der Waals surface area contributed by atoms with Gasteiger partial charge in [-0.25, -0.2) is 4.98 Å². The van der Waals surface area contributed by atoms with Gasteiger partial charge in [0, 0.05) is 25.6 Å². The van der Waals surface area contributed by atoms with Crippen LogP contribution in [0.3, 0.4) is 0 Å². The van der Waals surface area contributed by atoms with Gasteiger partial charge >= 0.3 is 0 Å². The monoisotopic (exact) mass is 301 g/mol. The summed E-state index contributed by atoms with van der Waals surface area (Å²) in [6.45, 7) is 4.79. The van der Waals surface area contributed by atoms with Crippen LogP contribution in [0, 0.1) is 5.41 Å². The number of nitrogens with zero attached hydrogens (tertiary/aromatic N) is 3. The molecule has 5 nitrogen and oxygen atoms in total. The van der Waals surface area contributed by atoms with Gasteiger partial charge in [0.2, 0.25) is 0 Å². The number of hydrogen-bond donors (Lipinski definition) is 1. The van der Waals surface area contributed by atoms with Crippen molar-refractivity contribution in [2.45, 2.75) is 26.3 Å². The quantitative estimate of drug-likeness (QED) is 0.934. The molecule has 1 aliphatic rings. The Labute approximate surface area is 130 Å². The molecule has 0 radical (unpaired) electrons. The average Bonchev–Trinajstić information content (AvgIpc) is 2.52. The van der Waals surface area contributed by atoms with Gasteiger partial charge in [-0.05, 0) is 31.5 Å². The molecule has 2 heterocycles. The number of rotatable bonds is 3. The summed E-state index contributed by atoms with van der Waals surface area (Å²) in [6, 6.07) is 7.47. The minimum atomic E-state index is -0.0477. The molecule has 1 fully saturated rings. The van der Waals surface area contributed by atoms with E-state index < -0.39 is 0 Å². The highest BCUT2D eigenvalue weighted by Crippen LogP contribution is 2.29. The molecule has 2 aromatic rings. The number of para-hydroxylation sites is 1. The fraction of sp³-hybridized carbons (Fsp3) is 0.529. The molecule has 22 heavy (non-hydrogen) atoms. The number of aliphatic hydroxyl groups excluding tert-OH is 1. The molecule has 0 aliphatic carbocycles. The topological polar surface area (TPSA) is 58.4 Å². The minimum Gasteiger partial charge on any atom is -0.396 e. The molecule has 118 valence electrons. The molecular formula is C17H23N3O2. The summed E-state index contributed by atoms with van der Waals surface area (Å²) in [5.41, 5.74) is 0.707. The lowest BCUT2D eigenvalue weighted by atomic mass is 9.83. The summed E-state index contributed by atoms with van der Waals surface area (Å²) < 4.78 is 1.65. The van der Waals surface area contributed by atoms with E-state index in [0.29, 0.717) is 11.9 Å². The average molecular weight is 301 g/mol. The number of likely N-dealkylation sites (tertiary alicyclic amines) is 1. The Bertz CT molecular complexity index is 740. The zero-order chi connectivity index (χ0) is 15.7. The predicted octanol–water partition coefficient (Wildman–Crippen LogP) is 1.53. The molecule has 1 unspecified atom stereocenters. The SMILES string of the molecule is Cn1c(CN2CCCC(C)(CO)C2)nc2ccccc2c1=O. The van der Waals surface area contributed by atoms with Crippen molar-refractivity contribution < 1.29 is 5.11 Å². The van der Waals surface area contributed by atoms with Crippen LogP contribution in [-0.4, -0.2) is 39.3 Å². The Kier molecular flexibility index (Phi) is 4.02. The molecule has 0 bridgehead atoms. The van der Waals surface area contributed by atoms with Gasteiger partial charge < -0.3 is 5.11 Å². The van der Waals surface area contributed by atoms with Crippen molar-refractivity contribution in [3.63, 3.8) is 0 Å². The van der Waals surface area contributed by atoms with Gasteiger partial charge in [-0.2, -0.15) is 0 Å². The fourth-order valence-corrected chi connectivity index (χ4v) is 3.30. The summed E-state index contributed by atoms with van der Waals surface area (Å²) >= 11 is 0. The van der Waals surface area contributed by atoms with E-state index in [1.165, 1.54) is 0 Å². The van der Waals surface area contributed by atoms with Crippen LogP contribution in [0.2, 0.25) is 0 Å². The van der Waals surface area contributed by atoms with Crippen molar-refractivity contribution in [3.8, 4) is 0 Å². The maximum absolute atomic E-state index is 12.4. The first-order valence-corrected chi connectivity index (χ1v) is 7.80. The number of aliphatic hydroxyl groups is 1. The van der Waals surface area contributed by atoms with E-state index in [2.05, 4.69) is 16.8 Å². The summed E-state index contributed by atoms with van der Waals surface area (Å²) in [4.78, 5) is 19.4. The van der Waals surface area contributed by atoms with E-state index in [9.17, 15) is 9.90 Å². The van der Waals surface area contributed by atoms with E-state index in [1.807, 2.05) is 24.3 Å². The van der Waals surface area contributed by atoms with Gasteiger partial charge in [0.15, 0.2) is 0 Å². The summed E-state index contributed by atoms with van der Waals surface area (Å²) in [5, 5.41) is 10.2. The zero-order valence-corrected chi connectivity index (χ0v) is 13.2. The molecule has 1 saturated heterocycles. The third kappa shape index (κ3) is 2.78. The largest absolute Gasteiger partial charge is 0.396 e. The fourth-order valence-electron chi connectivity index (χ4n) is 3.30. The highest BCUT2D eigenvalue weighted by Gasteiger charge is 2.30. The lowest BCUT2D eigenvalue weighted by Crippen LogP contribution is -2.44. The van der Waals surface area contributed by atoms with Crippen LogP contribution in [0.4, 0.5) is 0 Å². The van der Waals surface area contributed by atoms with Gasteiger partial charge in [0.05, 0.1) is 17.4 Å². The number of piperidine rings is 1. The van der Waals surface area contributed by atoms with Crippen LogP contribution in [0.25, 0.3) is 10.9 Å². The van der Waals surface area contributed by atoms with Crippen LogP contribution in [-0.2, 0) is 13.6 Å². The van der Waals surface area contributed by atoms with Crippen LogP contribution in [0.15, 0.2) is 29.1 Å². The van der Waals surface area contributed by atoms with Crippen LogP contribution in [0.5, 0.6) is 0 Å². The Hall–Kier alpha value is -1.72. The van der Waals surface area contributed by atoms with Crippen LogP contribution >= 0.6 is 0 Å². The molecule has 1 aromatic heterocycles. The van der Waals surface area contributed by atoms with E-state index in [4.69, 9.17) is 0 Å². The number of benzene rings is 1. The zero-order valence-electron chi connectivity index (χ0n) is 13.2. The second-order valence-electron chi connectivity index (χ2n) is 6.69. The smallest absolute Gasteiger partial charge is 0.261 e. The van der Waals surface area contributed by atoms with Crippen molar-refractivity contribution in [3.05, 3.63) is 40.4 Å². The van der Waals surface area contributed by atoms with Gasteiger partial charge in [-0.3, -0.25) is 14.3 Å². The maximum Gasteiger partial charge on any atom is 0.261 e. The Balaban J connectivity index is 1.91. The van der Waals surface area contributed by atoms with E-state index in [-0.39, 0.29) is 17.6 Å². The van der Waals surface area contributed by atoms with E-state index in [0.717, 1.165) is 37.3 Å². The predicted molar refractivity (Wildman–Crippen MR) is 86.7 cm³/mol.